The zero-order chi connectivity index (χ0) is 22.8. The molecular weight excluding hydrogens is 458 g/mol. The smallest absolute Gasteiger partial charge is 0.253 e. The van der Waals surface area contributed by atoms with E-state index in [1.54, 1.807) is 17.4 Å². The third-order valence-electron chi connectivity index (χ3n) is 5.53. The highest BCUT2D eigenvalue weighted by atomic mass is 35.5. The molecule has 0 bridgehead atoms. The minimum Gasteiger partial charge on any atom is -0.339 e. The molecule has 4 aromatic rings. The van der Waals surface area contributed by atoms with Gasteiger partial charge in [0.05, 0.1) is 21.9 Å². The summed E-state index contributed by atoms with van der Waals surface area (Å²) < 4.78 is 1.07. The summed E-state index contributed by atoms with van der Waals surface area (Å²) in [6, 6.07) is 13.4. The Labute approximate surface area is 199 Å². The molecule has 10 heteroatoms. The van der Waals surface area contributed by atoms with E-state index in [9.17, 15) is 4.79 Å². The number of fused-ring (bicyclic) bond motifs is 1. The first-order valence-corrected chi connectivity index (χ1v) is 11.9. The molecular formula is C23H22ClN7OS. The molecule has 1 saturated heterocycles. The predicted molar refractivity (Wildman–Crippen MR) is 133 cm³/mol. The van der Waals surface area contributed by atoms with Gasteiger partial charge in [-0.2, -0.15) is 4.98 Å². The van der Waals surface area contributed by atoms with Crippen molar-refractivity contribution in [2.24, 2.45) is 5.73 Å². The van der Waals surface area contributed by atoms with Crippen molar-refractivity contribution in [2.45, 2.75) is 18.9 Å². The number of aromatic nitrogens is 3. The van der Waals surface area contributed by atoms with Gasteiger partial charge in [-0.3, -0.25) is 4.79 Å². The molecule has 1 fully saturated rings. The molecule has 0 spiro atoms. The number of nitrogens with zero attached hydrogens (tertiary/aromatic N) is 4. The fraction of sp³-hybridized carbons (Fsp3) is 0.217. The third kappa shape index (κ3) is 4.90. The van der Waals surface area contributed by atoms with E-state index in [1.165, 1.54) is 6.20 Å². The molecule has 1 aliphatic rings. The molecule has 1 aliphatic heterocycles. The fourth-order valence-corrected chi connectivity index (χ4v) is 4.58. The number of hydrogen-bond donors (Lipinski definition) is 3. The summed E-state index contributed by atoms with van der Waals surface area (Å²) in [4.78, 5) is 27.8. The van der Waals surface area contributed by atoms with Gasteiger partial charge >= 0.3 is 0 Å². The van der Waals surface area contributed by atoms with Crippen LogP contribution in [0.5, 0.6) is 0 Å². The van der Waals surface area contributed by atoms with Crippen molar-refractivity contribution in [3.8, 4) is 0 Å². The second kappa shape index (κ2) is 9.30. The molecule has 2 aromatic heterocycles. The zero-order valence-electron chi connectivity index (χ0n) is 17.7. The maximum absolute atomic E-state index is 12.9. The van der Waals surface area contributed by atoms with Gasteiger partial charge in [0.2, 0.25) is 5.95 Å². The lowest BCUT2D eigenvalue weighted by atomic mass is 10.0. The number of nitrogens with two attached hydrogens (primary N) is 1. The van der Waals surface area contributed by atoms with Crippen molar-refractivity contribution < 1.29 is 4.79 Å². The van der Waals surface area contributed by atoms with E-state index in [1.807, 2.05) is 46.8 Å². The lowest BCUT2D eigenvalue weighted by molar-refractivity contribution is 0.0715. The van der Waals surface area contributed by atoms with Crippen molar-refractivity contribution in [3.05, 3.63) is 64.8 Å². The Morgan fingerprint density at radius 2 is 1.91 bits per heavy atom. The van der Waals surface area contributed by atoms with Crippen molar-refractivity contribution in [1.82, 2.24) is 19.9 Å². The van der Waals surface area contributed by atoms with Gasteiger partial charge in [0.1, 0.15) is 5.02 Å². The first-order chi connectivity index (χ1) is 16.0. The van der Waals surface area contributed by atoms with E-state index < -0.39 is 0 Å². The Hall–Kier alpha value is -3.27. The van der Waals surface area contributed by atoms with E-state index in [-0.39, 0.29) is 11.9 Å². The Morgan fingerprint density at radius 1 is 1.09 bits per heavy atom. The quantitative estimate of drug-likeness (QED) is 0.377. The van der Waals surface area contributed by atoms with Gasteiger partial charge in [0.15, 0.2) is 5.82 Å². The molecule has 2 aromatic carbocycles. The topological polar surface area (TPSA) is 109 Å². The van der Waals surface area contributed by atoms with Crippen LogP contribution in [0.4, 0.5) is 23.1 Å². The molecule has 3 heterocycles. The Bertz CT molecular complexity index is 1300. The van der Waals surface area contributed by atoms with Gasteiger partial charge in [-0.15, -0.1) is 11.3 Å². The predicted octanol–water partition coefficient (Wildman–Crippen LogP) is 4.79. The maximum atomic E-state index is 12.9. The lowest BCUT2D eigenvalue weighted by Crippen LogP contribution is -2.42. The van der Waals surface area contributed by atoms with Crippen LogP contribution >= 0.6 is 22.9 Å². The second-order valence-corrected chi connectivity index (χ2v) is 9.18. The number of nitrogens with one attached hydrogen (secondary N) is 2. The Kier molecular flexibility index (Phi) is 6.08. The highest BCUT2D eigenvalue weighted by Crippen LogP contribution is 2.28. The van der Waals surface area contributed by atoms with E-state index in [2.05, 4.69) is 25.6 Å². The maximum Gasteiger partial charge on any atom is 0.253 e. The number of hydrogen-bond acceptors (Lipinski definition) is 8. The van der Waals surface area contributed by atoms with Crippen molar-refractivity contribution >= 4 is 62.2 Å². The van der Waals surface area contributed by atoms with Gasteiger partial charge < -0.3 is 21.3 Å². The van der Waals surface area contributed by atoms with Crippen LogP contribution in [0.2, 0.25) is 5.02 Å². The van der Waals surface area contributed by atoms with Crippen LogP contribution in [0.25, 0.3) is 10.2 Å². The number of halogens is 1. The van der Waals surface area contributed by atoms with Gasteiger partial charge in [-0.25, -0.2) is 9.97 Å². The number of carbonyl (C=O) groups excluding carboxylic acids is 1. The summed E-state index contributed by atoms with van der Waals surface area (Å²) in [7, 11) is 0. The van der Waals surface area contributed by atoms with Crippen LogP contribution in [0.15, 0.2) is 54.2 Å². The number of likely N-dealkylation sites (tertiary alicyclic amines) is 1. The van der Waals surface area contributed by atoms with E-state index in [4.69, 9.17) is 17.3 Å². The number of carbonyl (C=O) groups is 1. The number of piperidine rings is 1. The average molecular weight is 480 g/mol. The average Bonchev–Trinajstić information content (AvgIpc) is 3.29. The van der Waals surface area contributed by atoms with Gasteiger partial charge in [-0.05, 0) is 49.2 Å². The van der Waals surface area contributed by atoms with Crippen molar-refractivity contribution in [2.75, 3.05) is 23.7 Å². The fourth-order valence-electron chi connectivity index (χ4n) is 3.73. The molecule has 168 valence electrons. The summed E-state index contributed by atoms with van der Waals surface area (Å²) in [5.41, 5.74) is 10.9. The monoisotopic (exact) mass is 479 g/mol. The van der Waals surface area contributed by atoms with E-state index in [0.717, 1.165) is 28.7 Å². The van der Waals surface area contributed by atoms with Crippen LogP contribution in [-0.4, -0.2) is 44.9 Å². The molecule has 0 atom stereocenters. The zero-order valence-corrected chi connectivity index (χ0v) is 19.2. The standard InChI is InChI=1S/C23H22ClN7OS/c24-18-12-26-23(30-21(18)28-17-4-5-19-20(11-17)33-13-27-19)29-16-3-1-2-14(10-16)22(32)31-8-6-15(25)7-9-31/h1-5,10-13,15H,6-9,25H2,(H2,26,28,29,30). The van der Waals surface area contributed by atoms with Crippen molar-refractivity contribution in [1.29, 1.82) is 0 Å². The van der Waals surface area contributed by atoms with Gasteiger partial charge in [0.25, 0.3) is 5.91 Å². The molecule has 0 saturated carbocycles. The minimum atomic E-state index is 0.00314. The van der Waals surface area contributed by atoms with Gasteiger partial charge in [0, 0.05) is 36.1 Å². The summed E-state index contributed by atoms with van der Waals surface area (Å²) in [6.45, 7) is 1.36. The van der Waals surface area contributed by atoms with E-state index in [0.29, 0.717) is 41.1 Å². The number of rotatable bonds is 5. The van der Waals surface area contributed by atoms with Crippen LogP contribution in [0.1, 0.15) is 23.2 Å². The number of benzene rings is 2. The first-order valence-electron chi connectivity index (χ1n) is 10.6. The molecule has 4 N–H and O–H groups in total. The molecule has 8 nitrogen and oxygen atoms in total. The molecule has 0 aliphatic carbocycles. The third-order valence-corrected chi connectivity index (χ3v) is 6.60. The highest BCUT2D eigenvalue weighted by Gasteiger charge is 2.21. The van der Waals surface area contributed by atoms with Crippen LogP contribution in [0, 0.1) is 0 Å². The number of thiazole rings is 1. The van der Waals surface area contributed by atoms with Crippen LogP contribution in [0.3, 0.4) is 0 Å². The van der Waals surface area contributed by atoms with E-state index >= 15 is 0 Å². The largest absolute Gasteiger partial charge is 0.339 e. The normalized spacial score (nSPS) is 14.4. The summed E-state index contributed by atoms with van der Waals surface area (Å²) in [6.07, 6.45) is 3.19. The molecule has 0 unspecified atom stereocenters. The minimum absolute atomic E-state index is 0.00314. The molecule has 33 heavy (non-hydrogen) atoms. The van der Waals surface area contributed by atoms with Gasteiger partial charge in [-0.1, -0.05) is 17.7 Å². The number of amides is 1. The molecule has 0 radical (unpaired) electrons. The summed E-state index contributed by atoms with van der Waals surface area (Å²) in [5, 5.41) is 6.81. The second-order valence-electron chi connectivity index (χ2n) is 7.89. The first kappa shape index (κ1) is 21.6. The molecule has 1 amide bonds. The van der Waals surface area contributed by atoms with Crippen LogP contribution < -0.4 is 16.4 Å². The molecule has 5 rings (SSSR count). The SMILES string of the molecule is NC1CCN(C(=O)c2cccc(Nc3ncc(Cl)c(Nc4ccc5ncsc5c4)n3)c2)CC1. The Morgan fingerprint density at radius 3 is 2.76 bits per heavy atom. The lowest BCUT2D eigenvalue weighted by Gasteiger charge is -2.30. The van der Waals surface area contributed by atoms with Crippen LogP contribution in [-0.2, 0) is 0 Å². The van der Waals surface area contributed by atoms with Crippen molar-refractivity contribution in [3.63, 3.8) is 0 Å². The Balaban J connectivity index is 1.32. The summed E-state index contributed by atoms with van der Waals surface area (Å²) in [5.74, 6) is 0.854. The highest BCUT2D eigenvalue weighted by molar-refractivity contribution is 7.16. The summed E-state index contributed by atoms with van der Waals surface area (Å²) >= 11 is 7.89. The number of anilines is 4.